The lowest BCUT2D eigenvalue weighted by Gasteiger charge is -2.12. The Balaban J connectivity index is 0.000000696. The molecule has 0 aliphatic carbocycles. The fourth-order valence-corrected chi connectivity index (χ4v) is 2.74. The third-order valence-corrected chi connectivity index (χ3v) is 4.28. The molecule has 1 amide bonds. The number of benzene rings is 1. The van der Waals surface area contributed by atoms with Crippen molar-refractivity contribution >= 4 is 27.7 Å². The summed E-state index contributed by atoms with van der Waals surface area (Å²) in [7, 11) is -2.33. The van der Waals surface area contributed by atoms with E-state index in [1.165, 1.54) is 0 Å². The smallest absolute Gasteiger partial charge is 0.289 e. The van der Waals surface area contributed by atoms with Crippen LogP contribution in [-0.4, -0.2) is 37.4 Å². The van der Waals surface area contributed by atoms with E-state index in [1.807, 2.05) is 51.1 Å². The van der Waals surface area contributed by atoms with Crippen molar-refractivity contribution in [3.05, 3.63) is 53.8 Å². The van der Waals surface area contributed by atoms with E-state index in [9.17, 15) is 4.79 Å². The molecule has 0 bridgehead atoms. The van der Waals surface area contributed by atoms with Crippen molar-refractivity contribution < 1.29 is 32.0 Å². The number of methoxy groups -OCH3 is 1. The third-order valence-electron chi connectivity index (χ3n) is 4.28. The van der Waals surface area contributed by atoms with Gasteiger partial charge in [-0.1, -0.05) is 50.2 Å². The Morgan fingerprint density at radius 3 is 2.33 bits per heavy atom. The Kier molecular flexibility index (Phi) is 8.18. The van der Waals surface area contributed by atoms with E-state index in [-0.39, 0.29) is 17.7 Å². The number of carbonyl (C=O) groups excluding carboxylic acids is 1. The van der Waals surface area contributed by atoms with Gasteiger partial charge in [-0.15, -0.1) is 0 Å². The fourth-order valence-electron chi connectivity index (χ4n) is 2.74. The number of H-pyrrole nitrogens is 1. The molecule has 2 aromatic heterocycles. The van der Waals surface area contributed by atoms with E-state index in [1.54, 1.807) is 19.2 Å². The zero-order valence-electron chi connectivity index (χ0n) is 19.1. The Morgan fingerprint density at radius 2 is 1.82 bits per heavy atom. The normalized spacial score (nSPS) is 11.3. The van der Waals surface area contributed by atoms with Crippen LogP contribution in [0.25, 0.3) is 11.1 Å². The van der Waals surface area contributed by atoms with Gasteiger partial charge in [-0.2, -0.15) is 0 Å². The fraction of sp³-hybridized carbons (Fsp3) is 0.318. The number of nitrogens with two attached hydrogens (primary N) is 1. The molecule has 11 heteroatoms. The van der Waals surface area contributed by atoms with Gasteiger partial charge in [-0.05, 0) is 17.2 Å². The van der Waals surface area contributed by atoms with Crippen LogP contribution in [0.15, 0.2) is 47.0 Å². The van der Waals surface area contributed by atoms with Crippen LogP contribution >= 0.6 is 0 Å². The standard InChI is InChI=1S/C21H24N4O3.CH4O3S/c1-21(2,3)16-12-18(25-28-16)24-19(26)11-13-5-7-14(8-6-13)15-9-10-17(22)23-20(15)27-4;1-5(2,3)4/h5-10,12H,11H2,1-4H3,(H2,22,23)(H,24,25,26);1H3,(H,2,3,4). The minimum absolute atomic E-state index is 0.153. The predicted molar refractivity (Wildman–Crippen MR) is 123 cm³/mol. The molecule has 0 saturated carbocycles. The highest BCUT2D eigenvalue weighted by molar-refractivity contribution is 7.84. The lowest BCUT2D eigenvalue weighted by molar-refractivity contribution is -0.375. The highest BCUT2D eigenvalue weighted by Crippen LogP contribution is 2.27. The van der Waals surface area contributed by atoms with Crippen molar-refractivity contribution in [1.29, 1.82) is 0 Å². The average molecular weight is 477 g/mol. The van der Waals surface area contributed by atoms with Crippen molar-refractivity contribution in [2.45, 2.75) is 32.6 Å². The molecule has 0 atom stereocenters. The van der Waals surface area contributed by atoms with Gasteiger partial charge in [0.15, 0.2) is 5.82 Å². The van der Waals surface area contributed by atoms with E-state index in [0.29, 0.717) is 23.8 Å². The molecule has 3 rings (SSSR count). The van der Waals surface area contributed by atoms with Crippen LogP contribution in [0.3, 0.4) is 0 Å². The largest absolute Gasteiger partial charge is 0.748 e. The topological polar surface area (TPSA) is 162 Å². The van der Waals surface area contributed by atoms with Crippen LogP contribution < -0.4 is 20.8 Å². The van der Waals surface area contributed by atoms with Gasteiger partial charge in [-0.25, -0.2) is 13.4 Å². The first-order valence-electron chi connectivity index (χ1n) is 9.89. The zero-order valence-corrected chi connectivity index (χ0v) is 19.9. The SMILES string of the molecule is COc1[nH+]c(N)ccc1-c1ccc(CC(=O)Nc2cc(C(C)(C)C)on2)cc1.CS(=O)(=O)[O-]. The molecular formula is C22H28N4O6S. The lowest BCUT2D eigenvalue weighted by atomic mass is 9.93. The summed E-state index contributed by atoms with van der Waals surface area (Å²) < 4.78 is 37.9. The molecular weight excluding hydrogens is 448 g/mol. The maximum Gasteiger partial charge on any atom is 0.289 e. The number of nitrogen functional groups attached to an aromatic ring is 1. The van der Waals surface area contributed by atoms with Crippen molar-refractivity contribution in [1.82, 2.24) is 5.16 Å². The number of anilines is 2. The number of rotatable bonds is 5. The van der Waals surface area contributed by atoms with Crippen LogP contribution in [0, 0.1) is 0 Å². The molecule has 1 aromatic carbocycles. The predicted octanol–water partition coefficient (Wildman–Crippen LogP) is 2.39. The summed E-state index contributed by atoms with van der Waals surface area (Å²) in [5.74, 6) is 2.11. The summed E-state index contributed by atoms with van der Waals surface area (Å²) in [4.78, 5) is 15.3. The van der Waals surface area contributed by atoms with Gasteiger partial charge in [-0.3, -0.25) is 10.5 Å². The molecule has 0 saturated heterocycles. The molecule has 10 nitrogen and oxygen atoms in total. The number of aromatic nitrogens is 2. The number of hydrogen-bond acceptors (Lipinski definition) is 8. The highest BCUT2D eigenvalue weighted by atomic mass is 32.2. The number of pyridine rings is 1. The van der Waals surface area contributed by atoms with Crippen LogP contribution in [0.4, 0.5) is 11.6 Å². The van der Waals surface area contributed by atoms with Crippen molar-refractivity contribution in [2.24, 2.45) is 0 Å². The molecule has 0 radical (unpaired) electrons. The Morgan fingerprint density at radius 1 is 1.21 bits per heavy atom. The second-order valence-corrected chi connectivity index (χ2v) is 9.72. The van der Waals surface area contributed by atoms with E-state index >= 15 is 0 Å². The van der Waals surface area contributed by atoms with Crippen LogP contribution in [0.5, 0.6) is 5.88 Å². The van der Waals surface area contributed by atoms with Gasteiger partial charge in [0.25, 0.3) is 11.7 Å². The number of nitrogens with one attached hydrogen (secondary N) is 2. The number of carbonyl (C=O) groups is 1. The highest BCUT2D eigenvalue weighted by Gasteiger charge is 2.20. The van der Waals surface area contributed by atoms with E-state index in [2.05, 4.69) is 15.5 Å². The summed E-state index contributed by atoms with van der Waals surface area (Å²) in [5.41, 5.74) is 8.34. The minimum Gasteiger partial charge on any atom is -0.748 e. The number of ether oxygens (including phenoxy) is 1. The number of amides is 1. The van der Waals surface area contributed by atoms with Crippen LogP contribution in [-0.2, 0) is 26.7 Å². The lowest BCUT2D eigenvalue weighted by Crippen LogP contribution is -2.15. The van der Waals surface area contributed by atoms with E-state index < -0.39 is 10.1 Å². The zero-order chi connectivity index (χ0) is 24.8. The molecule has 33 heavy (non-hydrogen) atoms. The molecule has 3 aromatic rings. The molecule has 0 aliphatic heterocycles. The van der Waals surface area contributed by atoms with Crippen molar-refractivity contribution in [3.8, 4) is 17.0 Å². The molecule has 0 spiro atoms. The second-order valence-electron chi connectivity index (χ2n) is 8.31. The van der Waals surface area contributed by atoms with Crippen LogP contribution in [0.1, 0.15) is 32.1 Å². The van der Waals surface area contributed by atoms with E-state index in [4.69, 9.17) is 28.0 Å². The van der Waals surface area contributed by atoms with Crippen LogP contribution in [0.2, 0.25) is 0 Å². The molecule has 178 valence electrons. The quantitative estimate of drug-likeness (QED) is 0.530. The summed E-state index contributed by atoms with van der Waals surface area (Å²) in [6, 6.07) is 13.1. The Labute approximate surface area is 192 Å². The van der Waals surface area contributed by atoms with Gasteiger partial charge >= 0.3 is 0 Å². The van der Waals surface area contributed by atoms with Gasteiger partial charge in [0, 0.05) is 23.8 Å². The van der Waals surface area contributed by atoms with E-state index in [0.717, 1.165) is 22.5 Å². The molecule has 2 heterocycles. The Hall–Kier alpha value is -3.44. The van der Waals surface area contributed by atoms with Gasteiger partial charge in [0.1, 0.15) is 5.76 Å². The Bertz CT molecular complexity index is 1190. The second kappa shape index (κ2) is 10.5. The molecule has 0 aliphatic rings. The first-order chi connectivity index (χ1) is 15.3. The first kappa shape index (κ1) is 25.8. The minimum atomic E-state index is -3.92. The number of hydrogen-bond donors (Lipinski definition) is 2. The summed E-state index contributed by atoms with van der Waals surface area (Å²) in [5, 5.41) is 6.68. The van der Waals surface area contributed by atoms with Gasteiger partial charge < -0.3 is 19.1 Å². The number of nitrogens with zero attached hydrogens (tertiary/aromatic N) is 1. The first-order valence-corrected chi connectivity index (χ1v) is 11.7. The summed E-state index contributed by atoms with van der Waals surface area (Å²) in [6.07, 6.45) is 0.843. The maximum atomic E-state index is 12.3. The monoisotopic (exact) mass is 476 g/mol. The summed E-state index contributed by atoms with van der Waals surface area (Å²) >= 11 is 0. The average Bonchev–Trinajstić information content (AvgIpc) is 3.16. The van der Waals surface area contributed by atoms with Gasteiger partial charge in [0.05, 0.1) is 29.2 Å². The maximum absolute atomic E-state index is 12.3. The molecule has 0 fully saturated rings. The summed E-state index contributed by atoms with van der Waals surface area (Å²) in [6.45, 7) is 6.07. The molecule has 4 N–H and O–H groups in total. The number of aromatic amines is 1. The van der Waals surface area contributed by atoms with Crippen molar-refractivity contribution in [2.75, 3.05) is 24.4 Å². The third kappa shape index (κ3) is 8.54. The van der Waals surface area contributed by atoms with Gasteiger partial charge in [0.2, 0.25) is 5.91 Å². The molecule has 0 unspecified atom stereocenters. The van der Waals surface area contributed by atoms with Crippen molar-refractivity contribution in [3.63, 3.8) is 0 Å².